The van der Waals surface area contributed by atoms with Gasteiger partial charge in [0.1, 0.15) is 17.3 Å². The van der Waals surface area contributed by atoms with Gasteiger partial charge >= 0.3 is 0 Å². The lowest BCUT2D eigenvalue weighted by atomic mass is 10.0. The molecule has 0 unspecified atom stereocenters. The third-order valence-corrected chi connectivity index (χ3v) is 5.60. The summed E-state index contributed by atoms with van der Waals surface area (Å²) in [6.07, 6.45) is 4.50. The second kappa shape index (κ2) is 9.44. The number of nitrogens with zero attached hydrogens (tertiary/aromatic N) is 5. The van der Waals surface area contributed by atoms with Crippen LogP contribution in [0.2, 0.25) is 0 Å². The number of aromatic hydroxyl groups is 1. The lowest BCUT2D eigenvalue weighted by Crippen LogP contribution is -2.17. The zero-order valence-corrected chi connectivity index (χ0v) is 19.1. The van der Waals surface area contributed by atoms with Gasteiger partial charge in [0.2, 0.25) is 0 Å². The van der Waals surface area contributed by atoms with Crippen molar-refractivity contribution in [3.8, 4) is 17.8 Å². The maximum Gasteiger partial charge on any atom is 0.259 e. The molecule has 10 nitrogen and oxygen atoms in total. The monoisotopic (exact) mass is 476 g/mol. The average molecular weight is 477 g/mol. The number of rotatable bonds is 6. The number of carbonyl (C=O) groups excluding carboxylic acids is 1. The Hall–Kier alpha value is -5.43. The highest BCUT2D eigenvalue weighted by Crippen LogP contribution is 2.37. The van der Waals surface area contributed by atoms with Crippen molar-refractivity contribution in [1.82, 2.24) is 19.7 Å². The smallest absolute Gasteiger partial charge is 0.259 e. The van der Waals surface area contributed by atoms with E-state index in [1.807, 2.05) is 49.4 Å². The van der Waals surface area contributed by atoms with Crippen molar-refractivity contribution in [1.29, 1.82) is 5.26 Å². The van der Waals surface area contributed by atoms with Crippen LogP contribution < -0.4 is 16.2 Å². The minimum absolute atomic E-state index is 0.0849. The molecule has 36 heavy (non-hydrogen) atoms. The number of hydrogen-bond donors (Lipinski definition) is 4. The molecule has 0 fully saturated rings. The Morgan fingerprint density at radius 3 is 2.56 bits per heavy atom. The summed E-state index contributed by atoms with van der Waals surface area (Å²) in [5, 5.41) is 29.2. The van der Waals surface area contributed by atoms with E-state index >= 15 is 0 Å². The van der Waals surface area contributed by atoms with E-state index in [0.717, 1.165) is 10.9 Å². The first-order valence-corrected chi connectivity index (χ1v) is 11.0. The molecule has 0 aliphatic rings. The average Bonchev–Trinajstić information content (AvgIpc) is 3.32. The summed E-state index contributed by atoms with van der Waals surface area (Å²) in [5.74, 6) is -0.199. The van der Waals surface area contributed by atoms with Crippen molar-refractivity contribution in [2.45, 2.75) is 6.92 Å². The Morgan fingerprint density at radius 1 is 1.03 bits per heavy atom. The van der Waals surface area contributed by atoms with Crippen LogP contribution in [0.25, 0.3) is 16.7 Å². The van der Waals surface area contributed by atoms with Crippen LogP contribution in [0, 0.1) is 18.3 Å². The van der Waals surface area contributed by atoms with Gasteiger partial charge in [0.15, 0.2) is 11.6 Å². The Morgan fingerprint density at radius 2 is 1.78 bits per heavy atom. The maximum absolute atomic E-state index is 13.2. The number of para-hydroxylation sites is 1. The Kier molecular flexibility index (Phi) is 5.86. The molecule has 2 aromatic heterocycles. The fourth-order valence-corrected chi connectivity index (χ4v) is 3.76. The van der Waals surface area contributed by atoms with Gasteiger partial charge in [0, 0.05) is 23.5 Å². The molecule has 0 saturated carbocycles. The molecule has 1 amide bonds. The third kappa shape index (κ3) is 4.12. The van der Waals surface area contributed by atoms with Crippen LogP contribution in [-0.4, -0.2) is 30.8 Å². The summed E-state index contributed by atoms with van der Waals surface area (Å²) in [4.78, 5) is 21.5. The van der Waals surface area contributed by atoms with E-state index in [9.17, 15) is 15.2 Å². The lowest BCUT2D eigenvalue weighted by Gasteiger charge is -2.17. The van der Waals surface area contributed by atoms with E-state index < -0.39 is 5.91 Å². The zero-order chi connectivity index (χ0) is 25.1. The zero-order valence-electron chi connectivity index (χ0n) is 19.1. The largest absolute Gasteiger partial charge is 0.505 e. The SMILES string of the molecule is Cc1ccccc1NC(=O)c1cc2ccccc2c(NNc2c(C#N)cnn2-c2ncccn2)c1O. The maximum atomic E-state index is 13.2. The molecule has 4 N–H and O–H groups in total. The van der Waals surface area contributed by atoms with Crippen LogP contribution in [0.1, 0.15) is 21.5 Å². The van der Waals surface area contributed by atoms with Crippen LogP contribution in [0.3, 0.4) is 0 Å². The summed E-state index contributed by atoms with van der Waals surface area (Å²) >= 11 is 0. The molecule has 0 atom stereocenters. The van der Waals surface area contributed by atoms with Crippen molar-refractivity contribution in [2.24, 2.45) is 0 Å². The number of benzene rings is 3. The van der Waals surface area contributed by atoms with Crippen LogP contribution in [-0.2, 0) is 0 Å². The number of carbonyl (C=O) groups is 1. The van der Waals surface area contributed by atoms with Gasteiger partial charge in [-0.25, -0.2) is 9.97 Å². The molecule has 0 radical (unpaired) electrons. The van der Waals surface area contributed by atoms with Crippen LogP contribution in [0.15, 0.2) is 79.3 Å². The van der Waals surface area contributed by atoms with Gasteiger partial charge in [-0.2, -0.15) is 15.0 Å². The van der Waals surface area contributed by atoms with Crippen molar-refractivity contribution in [2.75, 3.05) is 16.2 Å². The first-order valence-electron chi connectivity index (χ1n) is 11.0. The first-order chi connectivity index (χ1) is 17.6. The van der Waals surface area contributed by atoms with E-state index in [4.69, 9.17) is 0 Å². The molecule has 5 aromatic rings. The molecule has 176 valence electrons. The van der Waals surface area contributed by atoms with Crippen LogP contribution in [0.5, 0.6) is 5.75 Å². The number of phenols is 1. The molecule has 5 rings (SSSR count). The lowest BCUT2D eigenvalue weighted by molar-refractivity contribution is 0.102. The van der Waals surface area contributed by atoms with Crippen LogP contribution >= 0.6 is 0 Å². The van der Waals surface area contributed by atoms with Crippen molar-refractivity contribution in [3.63, 3.8) is 0 Å². The summed E-state index contributed by atoms with van der Waals surface area (Å²) in [5.41, 5.74) is 8.02. The number of aryl methyl sites for hydroxylation is 1. The topological polar surface area (TPSA) is 141 Å². The van der Waals surface area contributed by atoms with E-state index in [1.54, 1.807) is 30.6 Å². The highest BCUT2D eigenvalue weighted by atomic mass is 16.3. The normalized spacial score (nSPS) is 10.6. The predicted octanol–water partition coefficient (Wildman–Crippen LogP) is 4.39. The summed E-state index contributed by atoms with van der Waals surface area (Å²) < 4.78 is 1.36. The number of anilines is 3. The molecule has 2 heterocycles. The van der Waals surface area contributed by atoms with E-state index in [2.05, 4.69) is 37.3 Å². The molecular weight excluding hydrogens is 456 g/mol. The van der Waals surface area contributed by atoms with E-state index in [-0.39, 0.29) is 34.3 Å². The van der Waals surface area contributed by atoms with Gasteiger partial charge in [-0.3, -0.25) is 15.6 Å². The molecule has 10 heteroatoms. The summed E-state index contributed by atoms with van der Waals surface area (Å²) in [7, 11) is 0. The quantitative estimate of drug-likeness (QED) is 0.209. The van der Waals surface area contributed by atoms with Gasteiger partial charge < -0.3 is 10.4 Å². The number of hydrazine groups is 1. The number of hydrogen-bond acceptors (Lipinski definition) is 8. The summed E-state index contributed by atoms with van der Waals surface area (Å²) in [6, 6.07) is 20.1. The number of phenolic OH excluding ortho intramolecular Hbond substituents is 1. The van der Waals surface area contributed by atoms with Gasteiger partial charge in [-0.1, -0.05) is 42.5 Å². The number of nitrogens with one attached hydrogen (secondary N) is 3. The standard InChI is InChI=1S/C26H20N8O2/c1-16-7-2-5-10-21(16)31-25(36)20-13-17-8-3-4-9-19(17)22(23(20)35)32-33-24-18(14-27)15-30-34(24)26-28-11-6-12-29-26/h2-13,15,32-33,35H,1H3,(H,31,36). The highest BCUT2D eigenvalue weighted by Gasteiger charge is 2.20. The number of fused-ring (bicyclic) bond motifs is 1. The van der Waals surface area contributed by atoms with Gasteiger partial charge in [0.25, 0.3) is 11.9 Å². The molecule has 0 aliphatic heterocycles. The molecule has 0 aliphatic carbocycles. The van der Waals surface area contributed by atoms with Crippen molar-refractivity contribution >= 4 is 33.9 Å². The number of aromatic nitrogens is 4. The Balaban J connectivity index is 1.53. The number of nitriles is 1. The third-order valence-electron chi connectivity index (χ3n) is 5.60. The van der Waals surface area contributed by atoms with Crippen molar-refractivity contribution < 1.29 is 9.90 Å². The molecule has 0 saturated heterocycles. The summed E-state index contributed by atoms with van der Waals surface area (Å²) in [6.45, 7) is 1.89. The fraction of sp³-hybridized carbons (Fsp3) is 0.0385. The molecule has 0 spiro atoms. The highest BCUT2D eigenvalue weighted by molar-refractivity contribution is 6.12. The second-order valence-corrected chi connectivity index (χ2v) is 7.87. The predicted molar refractivity (Wildman–Crippen MR) is 136 cm³/mol. The second-order valence-electron chi connectivity index (χ2n) is 7.87. The van der Waals surface area contributed by atoms with Gasteiger partial charge in [-0.15, -0.1) is 0 Å². The number of amides is 1. The van der Waals surface area contributed by atoms with E-state index in [0.29, 0.717) is 11.1 Å². The molecular formula is C26H20N8O2. The van der Waals surface area contributed by atoms with Crippen molar-refractivity contribution in [3.05, 3.63) is 95.9 Å². The molecule has 3 aromatic carbocycles. The molecule has 0 bridgehead atoms. The Labute approximate surface area is 205 Å². The minimum Gasteiger partial charge on any atom is -0.505 e. The minimum atomic E-state index is -0.462. The fourth-order valence-electron chi connectivity index (χ4n) is 3.76. The van der Waals surface area contributed by atoms with Gasteiger partial charge in [-0.05, 0) is 36.1 Å². The van der Waals surface area contributed by atoms with E-state index in [1.165, 1.54) is 10.9 Å². The van der Waals surface area contributed by atoms with Crippen LogP contribution in [0.4, 0.5) is 17.2 Å². The van der Waals surface area contributed by atoms with Gasteiger partial charge in [0.05, 0.1) is 11.8 Å². The first kappa shape index (κ1) is 22.4. The Bertz CT molecular complexity index is 1620.